The molecule has 6 nitrogen and oxygen atoms in total. The van der Waals surface area contributed by atoms with Crippen molar-refractivity contribution in [3.8, 4) is 0 Å². The lowest BCUT2D eigenvalue weighted by atomic mass is 10.2. The van der Waals surface area contributed by atoms with Crippen LogP contribution in [-0.4, -0.2) is 24.3 Å². The van der Waals surface area contributed by atoms with Crippen LogP contribution in [0.1, 0.15) is 33.6 Å². The summed E-state index contributed by atoms with van der Waals surface area (Å²) < 4.78 is 39.7. The van der Waals surface area contributed by atoms with Gasteiger partial charge in [-0.25, -0.2) is 13.2 Å². The largest absolute Gasteiger partial charge is 0.352 e. The van der Waals surface area contributed by atoms with Gasteiger partial charge in [-0.2, -0.15) is 0 Å². The fraction of sp³-hybridized carbons (Fsp3) is 0.167. The molecule has 3 amide bonds. The third kappa shape index (κ3) is 5.84. The molecule has 0 aromatic heterocycles. The van der Waals surface area contributed by atoms with Gasteiger partial charge in [0.1, 0.15) is 17.5 Å². The van der Waals surface area contributed by atoms with Crippen LogP contribution in [0.2, 0.25) is 0 Å². The molecule has 0 aliphatic carbocycles. The molecule has 0 saturated heterocycles. The van der Waals surface area contributed by atoms with Crippen LogP contribution >= 0.6 is 0 Å². The molecule has 0 radical (unpaired) electrons. The molecule has 27 heavy (non-hydrogen) atoms. The number of hydrogen-bond acceptors (Lipinski definition) is 3. The molecule has 142 valence electrons. The average Bonchev–Trinajstić information content (AvgIpc) is 2.63. The van der Waals surface area contributed by atoms with Gasteiger partial charge in [-0.3, -0.25) is 25.2 Å². The number of hydrogen-bond donors (Lipinski definition) is 3. The SMILES string of the molecule is O=C(CCCNC(=O)c1ccc(F)cc1F)NNC(=O)c1ccccc1F. The minimum Gasteiger partial charge on any atom is -0.352 e. The minimum absolute atomic E-state index is 0.0519. The van der Waals surface area contributed by atoms with E-state index in [2.05, 4.69) is 16.2 Å². The maximum absolute atomic E-state index is 13.5. The lowest BCUT2D eigenvalue weighted by Gasteiger charge is -2.09. The summed E-state index contributed by atoms with van der Waals surface area (Å²) in [5, 5.41) is 2.39. The standard InChI is InChI=1S/C18H16F3N3O3/c19-11-7-8-13(15(21)10-11)17(26)22-9-3-6-16(25)23-24-18(27)12-4-1-2-5-14(12)20/h1-2,4-5,7-8,10H,3,6,9H2,(H,22,26)(H,23,25)(H,24,27). The van der Waals surface area contributed by atoms with Gasteiger partial charge in [0, 0.05) is 19.0 Å². The summed E-state index contributed by atoms with van der Waals surface area (Å²) in [5.74, 6) is -4.59. The van der Waals surface area contributed by atoms with E-state index in [1.54, 1.807) is 0 Å². The molecule has 0 unspecified atom stereocenters. The zero-order valence-corrected chi connectivity index (χ0v) is 14.0. The lowest BCUT2D eigenvalue weighted by Crippen LogP contribution is -2.42. The Labute approximate surface area is 152 Å². The van der Waals surface area contributed by atoms with E-state index in [1.807, 2.05) is 0 Å². The molecular formula is C18H16F3N3O3. The number of amides is 3. The van der Waals surface area contributed by atoms with Crippen LogP contribution in [0.25, 0.3) is 0 Å². The van der Waals surface area contributed by atoms with E-state index in [0.717, 1.165) is 18.2 Å². The second-order valence-corrected chi connectivity index (χ2v) is 5.47. The first kappa shape index (κ1) is 20.0. The second kappa shape index (κ2) is 9.37. The fourth-order valence-corrected chi connectivity index (χ4v) is 2.12. The van der Waals surface area contributed by atoms with Crippen molar-refractivity contribution in [1.82, 2.24) is 16.2 Å². The number of nitrogens with one attached hydrogen (secondary N) is 3. The Morgan fingerprint density at radius 1 is 0.815 bits per heavy atom. The van der Waals surface area contributed by atoms with E-state index >= 15 is 0 Å². The molecule has 0 fully saturated rings. The van der Waals surface area contributed by atoms with Crippen molar-refractivity contribution >= 4 is 17.7 Å². The van der Waals surface area contributed by atoms with Crippen LogP contribution in [0.3, 0.4) is 0 Å². The van der Waals surface area contributed by atoms with Gasteiger partial charge in [0.15, 0.2) is 0 Å². The molecule has 0 heterocycles. The Bertz CT molecular complexity index is 859. The summed E-state index contributed by atoms with van der Waals surface area (Å²) in [6.07, 6.45) is 0.152. The van der Waals surface area contributed by atoms with E-state index in [4.69, 9.17) is 0 Å². The maximum atomic E-state index is 13.5. The van der Waals surface area contributed by atoms with Gasteiger partial charge in [0.25, 0.3) is 11.8 Å². The Balaban J connectivity index is 1.69. The van der Waals surface area contributed by atoms with Crippen LogP contribution in [0.15, 0.2) is 42.5 Å². The quantitative estimate of drug-likeness (QED) is 0.531. The predicted octanol–water partition coefficient (Wildman–Crippen LogP) is 2.08. The van der Waals surface area contributed by atoms with Gasteiger partial charge in [0.2, 0.25) is 5.91 Å². The molecule has 0 aliphatic rings. The van der Waals surface area contributed by atoms with Crippen molar-refractivity contribution in [1.29, 1.82) is 0 Å². The van der Waals surface area contributed by atoms with Crippen molar-refractivity contribution in [3.63, 3.8) is 0 Å². The van der Waals surface area contributed by atoms with Crippen molar-refractivity contribution in [3.05, 3.63) is 71.0 Å². The summed E-state index contributed by atoms with van der Waals surface area (Å²) in [7, 11) is 0. The van der Waals surface area contributed by atoms with Gasteiger partial charge in [-0.05, 0) is 30.7 Å². The summed E-state index contributed by atoms with van der Waals surface area (Å²) in [6.45, 7) is 0.0599. The highest BCUT2D eigenvalue weighted by Gasteiger charge is 2.13. The Morgan fingerprint density at radius 3 is 2.22 bits per heavy atom. The van der Waals surface area contributed by atoms with Crippen molar-refractivity contribution in [2.24, 2.45) is 0 Å². The van der Waals surface area contributed by atoms with Crippen molar-refractivity contribution in [2.45, 2.75) is 12.8 Å². The lowest BCUT2D eigenvalue weighted by molar-refractivity contribution is -0.121. The van der Waals surface area contributed by atoms with E-state index in [9.17, 15) is 27.6 Å². The molecule has 0 aliphatic heterocycles. The van der Waals surface area contributed by atoms with Crippen molar-refractivity contribution in [2.75, 3.05) is 6.54 Å². The van der Waals surface area contributed by atoms with Crippen LogP contribution in [0, 0.1) is 17.5 Å². The Kier molecular flexibility index (Phi) is 6.93. The first-order chi connectivity index (χ1) is 12.9. The zero-order chi connectivity index (χ0) is 19.8. The molecular weight excluding hydrogens is 363 g/mol. The topological polar surface area (TPSA) is 87.3 Å². The average molecular weight is 379 g/mol. The van der Waals surface area contributed by atoms with E-state index in [0.29, 0.717) is 6.07 Å². The molecule has 9 heteroatoms. The summed E-state index contributed by atoms with van der Waals surface area (Å²) >= 11 is 0. The normalized spacial score (nSPS) is 10.2. The highest BCUT2D eigenvalue weighted by atomic mass is 19.1. The first-order valence-corrected chi connectivity index (χ1v) is 7.95. The molecule has 0 saturated carbocycles. The zero-order valence-electron chi connectivity index (χ0n) is 14.0. The summed E-state index contributed by atoms with van der Waals surface area (Å²) in [6, 6.07) is 7.86. The summed E-state index contributed by atoms with van der Waals surface area (Å²) in [5.41, 5.74) is 3.68. The number of hydrazine groups is 1. The van der Waals surface area contributed by atoms with Gasteiger partial charge in [-0.15, -0.1) is 0 Å². The second-order valence-electron chi connectivity index (χ2n) is 5.47. The number of rotatable bonds is 6. The fourth-order valence-electron chi connectivity index (χ4n) is 2.12. The molecule has 3 N–H and O–H groups in total. The van der Waals surface area contributed by atoms with Crippen LogP contribution in [-0.2, 0) is 4.79 Å². The van der Waals surface area contributed by atoms with Crippen LogP contribution in [0.4, 0.5) is 13.2 Å². The number of carbonyl (C=O) groups excluding carboxylic acids is 3. The van der Waals surface area contributed by atoms with Gasteiger partial charge in [0.05, 0.1) is 11.1 Å². The van der Waals surface area contributed by atoms with Gasteiger partial charge < -0.3 is 5.32 Å². The number of halogens is 3. The molecule has 2 aromatic carbocycles. The number of carbonyl (C=O) groups is 3. The van der Waals surface area contributed by atoms with Gasteiger partial charge >= 0.3 is 0 Å². The van der Waals surface area contributed by atoms with E-state index in [-0.39, 0.29) is 30.5 Å². The highest BCUT2D eigenvalue weighted by Crippen LogP contribution is 2.09. The maximum Gasteiger partial charge on any atom is 0.272 e. The number of benzene rings is 2. The monoisotopic (exact) mass is 379 g/mol. The minimum atomic E-state index is -0.985. The molecule has 0 bridgehead atoms. The van der Waals surface area contributed by atoms with Crippen molar-refractivity contribution < 1.29 is 27.6 Å². The van der Waals surface area contributed by atoms with Gasteiger partial charge in [-0.1, -0.05) is 12.1 Å². The molecule has 0 spiro atoms. The predicted molar refractivity (Wildman–Crippen MR) is 89.9 cm³/mol. The first-order valence-electron chi connectivity index (χ1n) is 7.95. The summed E-state index contributed by atoms with van der Waals surface area (Å²) in [4.78, 5) is 35.1. The highest BCUT2D eigenvalue weighted by molar-refractivity contribution is 5.95. The molecule has 2 aromatic rings. The third-order valence-corrected chi connectivity index (χ3v) is 3.48. The van der Waals surface area contributed by atoms with Crippen LogP contribution in [0.5, 0.6) is 0 Å². The molecule has 0 atom stereocenters. The molecule has 2 rings (SSSR count). The Hall–Kier alpha value is -3.36. The smallest absolute Gasteiger partial charge is 0.272 e. The van der Waals surface area contributed by atoms with E-state index in [1.165, 1.54) is 18.2 Å². The third-order valence-electron chi connectivity index (χ3n) is 3.48. The Morgan fingerprint density at radius 2 is 1.52 bits per heavy atom. The van der Waals surface area contributed by atoms with Crippen LogP contribution < -0.4 is 16.2 Å². The van der Waals surface area contributed by atoms with E-state index < -0.39 is 35.2 Å².